The van der Waals surface area contributed by atoms with Gasteiger partial charge < -0.3 is 4.18 Å². The lowest BCUT2D eigenvalue weighted by atomic mass is 10.2. The van der Waals surface area contributed by atoms with Gasteiger partial charge in [-0.1, -0.05) is 12.1 Å². The Hall–Kier alpha value is -1.38. The SMILES string of the molecule is NS(=O)(=O)c1cccc2c1OS(=O)(=O)C=C2. The van der Waals surface area contributed by atoms with Crippen LogP contribution >= 0.6 is 0 Å². The monoisotopic (exact) mass is 261 g/mol. The summed E-state index contributed by atoms with van der Waals surface area (Å²) in [6.07, 6.45) is 1.25. The zero-order valence-electron chi connectivity index (χ0n) is 7.82. The molecule has 1 aliphatic heterocycles. The van der Waals surface area contributed by atoms with E-state index in [1.165, 1.54) is 24.3 Å². The molecule has 0 radical (unpaired) electrons. The van der Waals surface area contributed by atoms with Gasteiger partial charge in [0.1, 0.15) is 4.90 Å². The van der Waals surface area contributed by atoms with Crippen molar-refractivity contribution in [1.82, 2.24) is 0 Å². The second-order valence-corrected chi connectivity index (χ2v) is 6.05. The standard InChI is InChI=1S/C8H7NO5S2/c9-16(12,13)7-3-1-2-6-4-5-15(10,11)14-8(6)7/h1-5H,(H2,9,12,13). The molecule has 1 aromatic rings. The van der Waals surface area contributed by atoms with Crippen LogP contribution < -0.4 is 9.32 Å². The molecule has 2 rings (SSSR count). The lowest BCUT2D eigenvalue weighted by Gasteiger charge is -2.14. The summed E-state index contributed by atoms with van der Waals surface area (Å²) in [7, 11) is -7.90. The summed E-state index contributed by atoms with van der Waals surface area (Å²) in [5, 5.41) is 5.79. The molecule has 2 N–H and O–H groups in total. The quantitative estimate of drug-likeness (QED) is 0.718. The summed E-state index contributed by atoms with van der Waals surface area (Å²) in [6, 6.07) is 4.16. The van der Waals surface area contributed by atoms with Gasteiger partial charge in [0.05, 0.1) is 5.41 Å². The third-order valence-electron chi connectivity index (χ3n) is 1.93. The van der Waals surface area contributed by atoms with Gasteiger partial charge in [0.25, 0.3) is 0 Å². The topological polar surface area (TPSA) is 104 Å². The molecule has 0 saturated heterocycles. The smallest absolute Gasteiger partial charge is 0.332 e. The first-order chi connectivity index (χ1) is 7.30. The first kappa shape index (κ1) is 11.1. The third kappa shape index (κ3) is 1.94. The summed E-state index contributed by atoms with van der Waals surface area (Å²) in [6.45, 7) is 0. The van der Waals surface area contributed by atoms with Crippen LogP contribution in [-0.2, 0) is 20.1 Å². The van der Waals surface area contributed by atoms with E-state index in [1.807, 2.05) is 0 Å². The van der Waals surface area contributed by atoms with E-state index in [9.17, 15) is 16.8 Å². The van der Waals surface area contributed by atoms with Gasteiger partial charge in [0, 0.05) is 5.56 Å². The van der Waals surface area contributed by atoms with E-state index in [0.29, 0.717) is 5.56 Å². The van der Waals surface area contributed by atoms with Crippen LogP contribution in [0.5, 0.6) is 5.75 Å². The van der Waals surface area contributed by atoms with Crippen molar-refractivity contribution < 1.29 is 21.0 Å². The number of primary sulfonamides is 1. The highest BCUT2D eigenvalue weighted by Crippen LogP contribution is 2.32. The van der Waals surface area contributed by atoms with Gasteiger partial charge in [0.2, 0.25) is 10.0 Å². The van der Waals surface area contributed by atoms with E-state index in [1.54, 1.807) is 0 Å². The van der Waals surface area contributed by atoms with Gasteiger partial charge in [-0.05, 0) is 12.1 Å². The Balaban J connectivity index is 2.76. The van der Waals surface area contributed by atoms with Crippen molar-refractivity contribution in [3.63, 3.8) is 0 Å². The number of fused-ring (bicyclic) bond motifs is 1. The number of rotatable bonds is 1. The Bertz CT molecular complexity index is 672. The molecule has 1 aromatic carbocycles. The highest BCUT2D eigenvalue weighted by atomic mass is 32.2. The molecular weight excluding hydrogens is 254 g/mol. The normalized spacial score (nSPS) is 17.6. The second-order valence-electron chi connectivity index (χ2n) is 3.10. The molecule has 0 bridgehead atoms. The van der Waals surface area contributed by atoms with Crippen molar-refractivity contribution in [3.05, 3.63) is 29.2 Å². The molecular formula is C8H7NO5S2. The minimum Gasteiger partial charge on any atom is -0.377 e. The molecule has 0 spiro atoms. The van der Waals surface area contributed by atoms with Crippen LogP contribution in [0.15, 0.2) is 28.5 Å². The van der Waals surface area contributed by atoms with Crippen molar-refractivity contribution in [3.8, 4) is 5.75 Å². The Kier molecular flexibility index (Phi) is 2.30. The Morgan fingerprint density at radius 1 is 1.25 bits per heavy atom. The van der Waals surface area contributed by atoms with Gasteiger partial charge in [-0.25, -0.2) is 13.6 Å². The van der Waals surface area contributed by atoms with Crippen LogP contribution in [0.25, 0.3) is 6.08 Å². The number of hydrogen-bond donors (Lipinski definition) is 1. The first-order valence-electron chi connectivity index (χ1n) is 4.08. The van der Waals surface area contributed by atoms with Crippen LogP contribution in [-0.4, -0.2) is 16.8 Å². The predicted molar refractivity (Wildman–Crippen MR) is 56.4 cm³/mol. The van der Waals surface area contributed by atoms with Crippen LogP contribution in [0, 0.1) is 0 Å². The van der Waals surface area contributed by atoms with Crippen molar-refractivity contribution in [2.45, 2.75) is 4.90 Å². The maximum absolute atomic E-state index is 11.2. The van der Waals surface area contributed by atoms with Gasteiger partial charge in [-0.3, -0.25) is 0 Å². The fraction of sp³-hybridized carbons (Fsp3) is 0. The van der Waals surface area contributed by atoms with E-state index in [4.69, 9.17) is 5.14 Å². The van der Waals surface area contributed by atoms with Crippen molar-refractivity contribution >= 4 is 26.2 Å². The molecule has 86 valence electrons. The van der Waals surface area contributed by atoms with E-state index < -0.39 is 20.1 Å². The molecule has 1 heterocycles. The summed E-state index contributed by atoms with van der Waals surface area (Å²) >= 11 is 0. The minimum atomic E-state index is -4.02. The zero-order valence-corrected chi connectivity index (χ0v) is 9.45. The molecule has 0 atom stereocenters. The highest BCUT2D eigenvalue weighted by molar-refractivity contribution is 7.90. The molecule has 0 aromatic heterocycles. The van der Waals surface area contributed by atoms with Gasteiger partial charge in [0.15, 0.2) is 5.75 Å². The molecule has 16 heavy (non-hydrogen) atoms. The van der Waals surface area contributed by atoms with Crippen LogP contribution in [0.1, 0.15) is 5.56 Å². The number of para-hydroxylation sites is 1. The summed E-state index contributed by atoms with van der Waals surface area (Å²) in [5.74, 6) is -0.257. The molecule has 0 fully saturated rings. The molecule has 1 aliphatic rings. The highest BCUT2D eigenvalue weighted by Gasteiger charge is 2.24. The Morgan fingerprint density at radius 2 is 1.94 bits per heavy atom. The second kappa shape index (κ2) is 3.30. The summed E-state index contributed by atoms with van der Waals surface area (Å²) in [4.78, 5) is -0.349. The average molecular weight is 261 g/mol. The zero-order chi connectivity index (χ0) is 12.0. The van der Waals surface area contributed by atoms with Gasteiger partial charge in [-0.2, -0.15) is 8.42 Å². The van der Waals surface area contributed by atoms with Crippen molar-refractivity contribution in [1.29, 1.82) is 0 Å². The fourth-order valence-electron chi connectivity index (χ4n) is 1.28. The summed E-state index contributed by atoms with van der Waals surface area (Å²) < 4.78 is 49.3. The predicted octanol–water partition coefficient (Wildman–Crippen LogP) is 0.0269. The summed E-state index contributed by atoms with van der Waals surface area (Å²) in [5.41, 5.74) is 0.348. The number of nitrogens with two attached hydrogens (primary N) is 1. The first-order valence-corrected chi connectivity index (χ1v) is 7.10. The molecule has 0 saturated carbocycles. The van der Waals surface area contributed by atoms with Gasteiger partial charge >= 0.3 is 10.1 Å². The maximum Gasteiger partial charge on any atom is 0.332 e. The average Bonchev–Trinajstić information content (AvgIpc) is 2.13. The largest absolute Gasteiger partial charge is 0.377 e. The van der Waals surface area contributed by atoms with Crippen LogP contribution in [0.2, 0.25) is 0 Å². The van der Waals surface area contributed by atoms with Crippen molar-refractivity contribution in [2.24, 2.45) is 5.14 Å². The Labute approximate surface area is 92.5 Å². The number of hydrogen-bond acceptors (Lipinski definition) is 5. The van der Waals surface area contributed by atoms with Crippen LogP contribution in [0.4, 0.5) is 0 Å². The van der Waals surface area contributed by atoms with E-state index in [0.717, 1.165) is 5.41 Å². The Morgan fingerprint density at radius 3 is 2.56 bits per heavy atom. The molecule has 8 heteroatoms. The maximum atomic E-state index is 11.2. The van der Waals surface area contributed by atoms with Crippen LogP contribution in [0.3, 0.4) is 0 Å². The molecule has 0 aliphatic carbocycles. The molecule has 6 nitrogen and oxygen atoms in total. The molecule has 0 unspecified atom stereocenters. The number of benzene rings is 1. The third-order valence-corrected chi connectivity index (χ3v) is 3.73. The van der Waals surface area contributed by atoms with Crippen molar-refractivity contribution in [2.75, 3.05) is 0 Å². The van der Waals surface area contributed by atoms with E-state index >= 15 is 0 Å². The number of sulfonamides is 1. The van der Waals surface area contributed by atoms with E-state index in [2.05, 4.69) is 4.18 Å². The van der Waals surface area contributed by atoms with Gasteiger partial charge in [-0.15, -0.1) is 0 Å². The fourth-order valence-corrected chi connectivity index (χ4v) is 2.80. The van der Waals surface area contributed by atoms with E-state index in [-0.39, 0.29) is 10.6 Å². The molecule has 0 amide bonds. The lowest BCUT2D eigenvalue weighted by molar-refractivity contribution is 0.486. The lowest BCUT2D eigenvalue weighted by Crippen LogP contribution is -2.17. The minimum absolute atomic E-state index is 0.257.